The molecule has 0 amide bonds. The molecule has 0 rings (SSSR count). The van der Waals surface area contributed by atoms with Crippen LogP contribution in [-0.2, 0) is 4.29 Å². The Balaban J connectivity index is 3.02. The van der Waals surface area contributed by atoms with Gasteiger partial charge in [-0.3, -0.25) is 0 Å². The average molecular weight is 185 g/mol. The van der Waals surface area contributed by atoms with E-state index in [1.165, 1.54) is 0 Å². The van der Waals surface area contributed by atoms with E-state index in [4.69, 9.17) is 0 Å². The quantitative estimate of drug-likeness (QED) is 0.470. The zero-order valence-electron chi connectivity index (χ0n) is 6.55. The van der Waals surface area contributed by atoms with Crippen molar-refractivity contribution < 1.29 is 28.5 Å². The van der Waals surface area contributed by atoms with Gasteiger partial charge in [-0.05, 0) is 6.42 Å². The molecular weight excluding hydrogens is 172 g/mol. The maximum Gasteiger partial charge on any atom is 0.203 e. The van der Waals surface area contributed by atoms with Gasteiger partial charge in [-0.15, -0.1) is 0 Å². The largest absolute Gasteiger partial charge is 0.203 e. The van der Waals surface area contributed by atoms with E-state index in [0.717, 1.165) is 19.3 Å². The predicted molar refractivity (Wildman–Crippen MR) is 30.1 cm³/mol. The molecule has 0 saturated carbocycles. The predicted octanol–water partition coefficient (Wildman–Crippen LogP) is -1.52. The summed E-state index contributed by atoms with van der Waals surface area (Å²) in [6.45, 7) is 2.05. The van der Waals surface area contributed by atoms with Crippen LogP contribution in [0.1, 0.15) is 32.6 Å². The third-order valence-corrected chi connectivity index (χ3v) is 1.63. The summed E-state index contributed by atoms with van der Waals surface area (Å²) in [6, 6.07) is 0. The van der Waals surface area contributed by atoms with Crippen LogP contribution in [0.3, 0.4) is 0 Å². The minimum Gasteiger partial charge on any atom is -0.183 e. The van der Waals surface area contributed by atoms with E-state index in [-0.39, 0.29) is 6.61 Å². The Kier molecular flexibility index (Phi) is 5.81. The summed E-state index contributed by atoms with van der Waals surface area (Å²) >= 11 is 0. The molecule has 0 radical (unpaired) electrons. The van der Waals surface area contributed by atoms with Crippen molar-refractivity contribution in [1.82, 2.24) is 0 Å². The first-order valence-electron chi connectivity index (χ1n) is 3.61. The molecule has 0 bridgehead atoms. The maximum absolute atomic E-state index is 9.86. The second kappa shape index (κ2) is 5.74. The van der Waals surface area contributed by atoms with Crippen molar-refractivity contribution in [2.45, 2.75) is 32.6 Å². The van der Waals surface area contributed by atoms with Crippen LogP contribution in [0.25, 0.3) is 0 Å². The van der Waals surface area contributed by atoms with Crippen LogP contribution in [-0.4, -0.2) is 6.61 Å². The Morgan fingerprint density at radius 1 is 1.09 bits per heavy atom. The minimum absolute atomic E-state index is 0.00733. The highest BCUT2D eigenvalue weighted by Crippen LogP contribution is 2.00. The topological polar surface area (TPSA) is 78.4 Å². The smallest absolute Gasteiger partial charge is 0.183 e. The lowest BCUT2D eigenvalue weighted by Gasteiger charge is -2.11. The van der Waals surface area contributed by atoms with Gasteiger partial charge in [-0.2, -0.15) is 14.0 Å². The van der Waals surface area contributed by atoms with Crippen LogP contribution in [0.2, 0.25) is 0 Å². The second-order valence-corrected chi connectivity index (χ2v) is 3.23. The Morgan fingerprint density at radius 2 is 1.73 bits per heavy atom. The molecule has 0 spiro atoms. The summed E-state index contributed by atoms with van der Waals surface area (Å²) in [5.41, 5.74) is 0. The van der Waals surface area contributed by atoms with E-state index in [1.54, 1.807) is 0 Å². The fourth-order valence-corrected chi connectivity index (χ4v) is 0.976. The van der Waals surface area contributed by atoms with Gasteiger partial charge < -0.3 is 0 Å². The van der Waals surface area contributed by atoms with Crippen molar-refractivity contribution in [3.05, 3.63) is 0 Å². The van der Waals surface area contributed by atoms with Crippen molar-refractivity contribution >= 4 is 0 Å². The standard InChI is InChI=1S/C6H13ClO4/c1-2-3-4-5-6-11-7(8,9)10/h2-6H2,1H3. The summed E-state index contributed by atoms with van der Waals surface area (Å²) in [5.74, 6) is 0. The van der Waals surface area contributed by atoms with E-state index in [2.05, 4.69) is 4.29 Å². The molecular formula is C6H13ClO4. The monoisotopic (exact) mass is 184 g/mol. The van der Waals surface area contributed by atoms with Gasteiger partial charge in [-0.1, -0.05) is 26.2 Å². The van der Waals surface area contributed by atoms with Gasteiger partial charge in [0.1, 0.15) is 0 Å². The molecule has 0 aromatic carbocycles. The summed E-state index contributed by atoms with van der Waals surface area (Å²) in [7, 11) is -4.21. The zero-order chi connectivity index (χ0) is 8.74. The highest BCUT2D eigenvalue weighted by atomic mass is 35.7. The van der Waals surface area contributed by atoms with E-state index >= 15 is 0 Å². The molecule has 11 heavy (non-hydrogen) atoms. The molecule has 0 unspecified atom stereocenters. The van der Waals surface area contributed by atoms with Crippen LogP contribution in [0.15, 0.2) is 0 Å². The average Bonchev–Trinajstić information content (AvgIpc) is 1.85. The van der Waals surface area contributed by atoms with Crippen LogP contribution in [0, 0.1) is 10.2 Å². The lowest BCUT2D eigenvalue weighted by atomic mass is 10.2. The molecule has 0 saturated heterocycles. The Hall–Kier alpha value is 0.130. The number of rotatable bonds is 6. The van der Waals surface area contributed by atoms with Crippen molar-refractivity contribution in [2.75, 3.05) is 6.61 Å². The number of unbranched alkanes of at least 4 members (excludes halogenated alkanes) is 3. The lowest BCUT2D eigenvalue weighted by molar-refractivity contribution is -1.92. The van der Waals surface area contributed by atoms with E-state index in [9.17, 15) is 14.0 Å². The first-order chi connectivity index (χ1) is 5.06. The van der Waals surface area contributed by atoms with Gasteiger partial charge in [0, 0.05) is 0 Å². The second-order valence-electron chi connectivity index (χ2n) is 2.25. The molecule has 0 heterocycles. The normalized spacial score (nSPS) is 12.0. The van der Waals surface area contributed by atoms with Gasteiger partial charge in [0.25, 0.3) is 0 Å². The van der Waals surface area contributed by atoms with E-state index in [0.29, 0.717) is 6.42 Å². The third-order valence-electron chi connectivity index (χ3n) is 1.21. The first-order valence-corrected chi connectivity index (χ1v) is 4.85. The van der Waals surface area contributed by atoms with Crippen LogP contribution in [0.5, 0.6) is 0 Å². The Labute approximate surface area is 68.5 Å². The zero-order valence-corrected chi connectivity index (χ0v) is 7.30. The molecule has 0 atom stereocenters. The summed E-state index contributed by atoms with van der Waals surface area (Å²) in [6.07, 6.45) is 3.64. The Bertz CT molecular complexity index is 91.1. The molecule has 0 N–H and O–H groups in total. The molecule has 0 aliphatic rings. The highest BCUT2D eigenvalue weighted by molar-refractivity contribution is 4.36. The van der Waals surface area contributed by atoms with E-state index in [1.807, 2.05) is 6.92 Å². The van der Waals surface area contributed by atoms with Crippen molar-refractivity contribution in [3.63, 3.8) is 0 Å². The van der Waals surface area contributed by atoms with Crippen LogP contribution >= 0.6 is 0 Å². The van der Waals surface area contributed by atoms with Crippen LogP contribution in [0.4, 0.5) is 0 Å². The first kappa shape index (κ1) is 11.1. The van der Waals surface area contributed by atoms with Gasteiger partial charge in [-0.25, -0.2) is 0 Å². The summed E-state index contributed by atoms with van der Waals surface area (Å²) < 4.78 is 33.5. The van der Waals surface area contributed by atoms with Gasteiger partial charge >= 0.3 is 0 Å². The minimum atomic E-state index is -4.21. The lowest BCUT2D eigenvalue weighted by Crippen LogP contribution is -2.61. The van der Waals surface area contributed by atoms with Crippen molar-refractivity contribution in [1.29, 1.82) is 0 Å². The van der Waals surface area contributed by atoms with Gasteiger partial charge in [0.05, 0.1) is 14.5 Å². The van der Waals surface area contributed by atoms with Crippen LogP contribution < -0.4 is 14.0 Å². The molecule has 0 fully saturated rings. The third kappa shape index (κ3) is 10.1. The summed E-state index contributed by atoms with van der Waals surface area (Å²) in [5, 5.41) is 0. The van der Waals surface area contributed by atoms with Gasteiger partial charge in [0.15, 0.2) is 0 Å². The summed E-state index contributed by atoms with van der Waals surface area (Å²) in [4.78, 5) is 0. The molecule has 5 heteroatoms. The van der Waals surface area contributed by atoms with Gasteiger partial charge in [0.2, 0.25) is 6.61 Å². The number of halogens is 1. The molecule has 4 nitrogen and oxygen atoms in total. The molecule has 0 aliphatic heterocycles. The SMILES string of the molecule is CCCCCCO[Cl+3]([O-])([O-])[O-]. The fourth-order valence-electron chi connectivity index (χ4n) is 0.678. The van der Waals surface area contributed by atoms with Crippen molar-refractivity contribution in [3.8, 4) is 0 Å². The maximum atomic E-state index is 9.86. The Morgan fingerprint density at radius 3 is 2.18 bits per heavy atom. The number of hydrogen-bond donors (Lipinski definition) is 0. The van der Waals surface area contributed by atoms with Crippen molar-refractivity contribution in [2.24, 2.45) is 0 Å². The van der Waals surface area contributed by atoms with E-state index < -0.39 is 10.2 Å². The molecule has 68 valence electrons. The molecule has 0 aromatic heterocycles. The molecule has 0 aliphatic carbocycles. The molecule has 0 aromatic rings. The number of hydrogen-bond acceptors (Lipinski definition) is 4. The highest BCUT2D eigenvalue weighted by Gasteiger charge is 2.15. The fraction of sp³-hybridized carbons (Fsp3) is 1.00.